The highest BCUT2D eigenvalue weighted by molar-refractivity contribution is 5.94. The van der Waals surface area contributed by atoms with Crippen molar-refractivity contribution in [2.24, 2.45) is 7.05 Å². The maximum absolute atomic E-state index is 11.9. The lowest BCUT2D eigenvalue weighted by atomic mass is 10.2. The summed E-state index contributed by atoms with van der Waals surface area (Å²) in [6, 6.07) is 1.97. The van der Waals surface area contributed by atoms with Crippen molar-refractivity contribution in [2.45, 2.75) is 26.8 Å². The molecule has 0 unspecified atom stereocenters. The minimum absolute atomic E-state index is 0.0674. The van der Waals surface area contributed by atoms with E-state index in [0.29, 0.717) is 12.1 Å². The monoisotopic (exact) mass is 261 g/mol. The molecule has 0 aliphatic carbocycles. The van der Waals surface area contributed by atoms with Crippen molar-refractivity contribution in [1.29, 1.82) is 0 Å². The third-order valence-corrected chi connectivity index (χ3v) is 3.10. The van der Waals surface area contributed by atoms with Gasteiger partial charge in [0.1, 0.15) is 0 Å². The van der Waals surface area contributed by atoms with Crippen molar-refractivity contribution >= 4 is 5.91 Å². The van der Waals surface area contributed by atoms with Crippen LogP contribution >= 0.6 is 0 Å². The topological polar surface area (TPSA) is 64.7 Å². The Morgan fingerprint density at radius 2 is 2.21 bits per heavy atom. The number of hydrogen-bond acceptors (Lipinski definition) is 3. The number of aromatic nitrogens is 4. The summed E-state index contributed by atoms with van der Waals surface area (Å²) in [4.78, 5) is 11.9. The molecule has 2 aromatic heterocycles. The summed E-state index contributed by atoms with van der Waals surface area (Å²) in [7, 11) is 1.83. The molecule has 1 N–H and O–H groups in total. The Morgan fingerprint density at radius 1 is 1.42 bits per heavy atom. The molecule has 0 radical (unpaired) electrons. The highest BCUT2D eigenvalue weighted by Gasteiger charge is 2.11. The molecule has 0 saturated carbocycles. The summed E-state index contributed by atoms with van der Waals surface area (Å²) in [6.07, 6.45) is 4.40. The fourth-order valence-electron chi connectivity index (χ4n) is 1.85. The van der Waals surface area contributed by atoms with Gasteiger partial charge >= 0.3 is 0 Å². The summed E-state index contributed by atoms with van der Waals surface area (Å²) in [6.45, 7) is 5.28. The quantitative estimate of drug-likeness (QED) is 0.818. The average Bonchev–Trinajstić information content (AvgIpc) is 2.93. The van der Waals surface area contributed by atoms with Gasteiger partial charge in [0.25, 0.3) is 5.91 Å². The smallest absolute Gasteiger partial charge is 0.254 e. The van der Waals surface area contributed by atoms with Crippen LogP contribution in [0.2, 0.25) is 0 Å². The molecule has 2 aromatic rings. The van der Waals surface area contributed by atoms with E-state index in [4.69, 9.17) is 0 Å². The van der Waals surface area contributed by atoms with Gasteiger partial charge in [-0.1, -0.05) is 0 Å². The molecule has 0 fully saturated rings. The predicted octanol–water partition coefficient (Wildman–Crippen LogP) is 1.05. The Morgan fingerprint density at radius 3 is 2.79 bits per heavy atom. The van der Waals surface area contributed by atoms with Crippen LogP contribution in [-0.4, -0.2) is 32.0 Å². The van der Waals surface area contributed by atoms with E-state index < -0.39 is 0 Å². The zero-order valence-electron chi connectivity index (χ0n) is 11.6. The molecule has 2 rings (SSSR count). The maximum Gasteiger partial charge on any atom is 0.254 e. The lowest BCUT2D eigenvalue weighted by molar-refractivity contribution is 0.0952. The standard InChI is InChI=1S/C13H19N5O/c1-10-5-8-18(16-10)7-4-6-14-13(19)12-9-15-17(3)11(12)2/h5,8-9H,4,6-7H2,1-3H3,(H,14,19). The van der Waals surface area contributed by atoms with Crippen LogP contribution in [0, 0.1) is 13.8 Å². The maximum atomic E-state index is 11.9. The van der Waals surface area contributed by atoms with Crippen LogP contribution in [0.25, 0.3) is 0 Å². The normalized spacial score (nSPS) is 10.7. The number of hydrogen-bond donors (Lipinski definition) is 1. The number of amides is 1. The van der Waals surface area contributed by atoms with E-state index in [2.05, 4.69) is 15.5 Å². The highest BCUT2D eigenvalue weighted by atomic mass is 16.1. The Bertz CT molecular complexity index is 569. The van der Waals surface area contributed by atoms with Crippen LogP contribution in [-0.2, 0) is 13.6 Å². The molecule has 0 atom stereocenters. The van der Waals surface area contributed by atoms with Crippen molar-refractivity contribution in [3.8, 4) is 0 Å². The Kier molecular flexibility index (Phi) is 3.99. The summed E-state index contributed by atoms with van der Waals surface area (Å²) < 4.78 is 3.58. The van der Waals surface area contributed by atoms with Gasteiger partial charge in [-0.05, 0) is 26.3 Å². The molecule has 6 heteroatoms. The summed E-state index contributed by atoms with van der Waals surface area (Å²) in [5.74, 6) is -0.0674. The zero-order chi connectivity index (χ0) is 13.8. The number of nitrogens with one attached hydrogen (secondary N) is 1. The van der Waals surface area contributed by atoms with Gasteiger partial charge in [-0.25, -0.2) is 0 Å². The van der Waals surface area contributed by atoms with Gasteiger partial charge in [-0.3, -0.25) is 14.2 Å². The molecule has 0 bridgehead atoms. The minimum Gasteiger partial charge on any atom is -0.352 e. The molecule has 102 valence electrons. The highest BCUT2D eigenvalue weighted by Crippen LogP contribution is 2.04. The first-order valence-corrected chi connectivity index (χ1v) is 6.35. The molecule has 19 heavy (non-hydrogen) atoms. The Labute approximate surface area is 112 Å². The fourth-order valence-corrected chi connectivity index (χ4v) is 1.85. The van der Waals surface area contributed by atoms with E-state index in [-0.39, 0.29) is 5.91 Å². The van der Waals surface area contributed by atoms with Crippen molar-refractivity contribution in [3.05, 3.63) is 35.4 Å². The first kappa shape index (κ1) is 13.3. The third-order valence-electron chi connectivity index (χ3n) is 3.10. The average molecular weight is 261 g/mol. The van der Waals surface area contributed by atoms with Gasteiger partial charge in [0, 0.05) is 32.0 Å². The van der Waals surface area contributed by atoms with Crippen LogP contribution in [0.4, 0.5) is 0 Å². The van der Waals surface area contributed by atoms with E-state index in [1.165, 1.54) is 0 Å². The van der Waals surface area contributed by atoms with Crippen LogP contribution in [0.5, 0.6) is 0 Å². The van der Waals surface area contributed by atoms with Gasteiger partial charge in [0.05, 0.1) is 17.5 Å². The molecular weight excluding hydrogens is 242 g/mol. The van der Waals surface area contributed by atoms with Crippen molar-refractivity contribution < 1.29 is 4.79 Å². The van der Waals surface area contributed by atoms with Crippen molar-refractivity contribution in [3.63, 3.8) is 0 Å². The third kappa shape index (κ3) is 3.21. The molecule has 1 amide bonds. The first-order valence-electron chi connectivity index (χ1n) is 6.35. The van der Waals surface area contributed by atoms with Crippen molar-refractivity contribution in [1.82, 2.24) is 24.9 Å². The molecule has 0 saturated heterocycles. The second kappa shape index (κ2) is 5.69. The number of aryl methyl sites for hydroxylation is 3. The number of rotatable bonds is 5. The van der Waals surface area contributed by atoms with Crippen molar-refractivity contribution in [2.75, 3.05) is 6.54 Å². The van der Waals surface area contributed by atoms with E-state index >= 15 is 0 Å². The number of carbonyl (C=O) groups is 1. The second-order valence-electron chi connectivity index (χ2n) is 4.60. The van der Waals surface area contributed by atoms with Crippen LogP contribution < -0.4 is 5.32 Å². The van der Waals surface area contributed by atoms with E-state index in [0.717, 1.165) is 24.4 Å². The Balaban J connectivity index is 1.77. The second-order valence-corrected chi connectivity index (χ2v) is 4.60. The van der Waals surface area contributed by atoms with Gasteiger partial charge in [0.15, 0.2) is 0 Å². The molecule has 0 aliphatic heterocycles. The van der Waals surface area contributed by atoms with Gasteiger partial charge in [-0.2, -0.15) is 10.2 Å². The molecule has 0 aliphatic rings. The van der Waals surface area contributed by atoms with Gasteiger partial charge < -0.3 is 5.32 Å². The predicted molar refractivity (Wildman–Crippen MR) is 71.9 cm³/mol. The summed E-state index contributed by atoms with van der Waals surface area (Å²) >= 11 is 0. The van der Waals surface area contributed by atoms with Crippen LogP contribution in [0.15, 0.2) is 18.5 Å². The first-order chi connectivity index (χ1) is 9.08. The summed E-state index contributed by atoms with van der Waals surface area (Å²) in [5.41, 5.74) is 2.52. The van der Waals surface area contributed by atoms with Gasteiger partial charge in [-0.15, -0.1) is 0 Å². The minimum atomic E-state index is -0.0674. The van der Waals surface area contributed by atoms with Crippen LogP contribution in [0.1, 0.15) is 28.2 Å². The zero-order valence-corrected chi connectivity index (χ0v) is 11.6. The SMILES string of the molecule is Cc1ccn(CCCNC(=O)c2cnn(C)c2C)n1. The molecule has 2 heterocycles. The summed E-state index contributed by atoms with van der Waals surface area (Å²) in [5, 5.41) is 11.2. The number of carbonyl (C=O) groups excluding carboxylic acids is 1. The van der Waals surface area contributed by atoms with E-state index in [1.54, 1.807) is 10.9 Å². The van der Waals surface area contributed by atoms with E-state index in [9.17, 15) is 4.79 Å². The van der Waals surface area contributed by atoms with E-state index in [1.807, 2.05) is 37.8 Å². The Hall–Kier alpha value is -2.11. The molecule has 0 aromatic carbocycles. The fraction of sp³-hybridized carbons (Fsp3) is 0.462. The molecule has 6 nitrogen and oxygen atoms in total. The molecular formula is C13H19N5O. The number of nitrogens with zero attached hydrogens (tertiary/aromatic N) is 4. The van der Waals surface area contributed by atoms with Gasteiger partial charge in [0.2, 0.25) is 0 Å². The van der Waals surface area contributed by atoms with Crippen LogP contribution in [0.3, 0.4) is 0 Å². The lowest BCUT2D eigenvalue weighted by Crippen LogP contribution is -2.25. The lowest BCUT2D eigenvalue weighted by Gasteiger charge is -2.05. The molecule has 0 spiro atoms. The largest absolute Gasteiger partial charge is 0.352 e.